The van der Waals surface area contributed by atoms with Gasteiger partial charge in [-0.3, -0.25) is 0 Å². The maximum absolute atomic E-state index is 12.2. The van der Waals surface area contributed by atoms with E-state index < -0.39 is 9.84 Å². The van der Waals surface area contributed by atoms with Crippen LogP contribution in [-0.4, -0.2) is 31.0 Å². The summed E-state index contributed by atoms with van der Waals surface area (Å²) >= 11 is 0. The number of sulfone groups is 1. The van der Waals surface area contributed by atoms with E-state index >= 15 is 0 Å². The highest BCUT2D eigenvalue weighted by Crippen LogP contribution is 2.41. The molecule has 0 aliphatic carbocycles. The maximum Gasteiger partial charge on any atom is 0.213 e. The van der Waals surface area contributed by atoms with Crippen molar-refractivity contribution >= 4 is 26.3 Å². The molecule has 2 aliphatic heterocycles. The van der Waals surface area contributed by atoms with Crippen LogP contribution in [0.3, 0.4) is 0 Å². The summed E-state index contributed by atoms with van der Waals surface area (Å²) in [4.78, 5) is 4.41. The number of fused-ring (bicyclic) bond motifs is 3. The molecule has 2 unspecified atom stereocenters. The minimum atomic E-state index is -2.93. The Bertz CT molecular complexity index is 886. The maximum atomic E-state index is 12.2. The fourth-order valence-electron chi connectivity index (χ4n) is 3.49. The summed E-state index contributed by atoms with van der Waals surface area (Å²) in [6, 6.07) is 9.91. The van der Waals surface area contributed by atoms with Crippen LogP contribution in [0.2, 0.25) is 0 Å². The Morgan fingerprint density at radius 3 is 2.82 bits per heavy atom. The highest BCUT2D eigenvalue weighted by atomic mass is 32.2. The number of pyridine rings is 1. The van der Waals surface area contributed by atoms with E-state index in [0.717, 1.165) is 34.9 Å². The fraction of sp³-hybridized carbons (Fsp3) is 0.353. The zero-order valence-electron chi connectivity index (χ0n) is 12.3. The first-order valence-corrected chi connectivity index (χ1v) is 9.07. The fourth-order valence-corrected chi connectivity index (χ4v) is 5.68. The third-order valence-corrected chi connectivity index (χ3v) is 7.29. The molecule has 22 heavy (non-hydrogen) atoms. The van der Waals surface area contributed by atoms with Crippen LogP contribution < -0.4 is 4.74 Å². The minimum absolute atomic E-state index is 0.192. The van der Waals surface area contributed by atoms with E-state index in [4.69, 9.17) is 4.74 Å². The minimum Gasteiger partial charge on any atom is -0.481 e. The van der Waals surface area contributed by atoms with Gasteiger partial charge >= 0.3 is 0 Å². The Labute approximate surface area is 129 Å². The lowest BCUT2D eigenvalue weighted by atomic mass is 9.99. The average molecular weight is 315 g/mol. The molecule has 1 saturated heterocycles. The SMILES string of the molecule is COc1ccc2cc(C3=CC4CCC(C3)S4(=O)=O)ccc2n1. The molecule has 0 radical (unpaired) electrons. The third-order valence-electron chi connectivity index (χ3n) is 4.74. The van der Waals surface area contributed by atoms with Crippen molar-refractivity contribution in [3.63, 3.8) is 0 Å². The van der Waals surface area contributed by atoms with E-state index in [2.05, 4.69) is 11.1 Å². The topological polar surface area (TPSA) is 56.3 Å². The van der Waals surface area contributed by atoms with Crippen molar-refractivity contribution in [2.75, 3.05) is 7.11 Å². The van der Waals surface area contributed by atoms with E-state index in [-0.39, 0.29) is 10.5 Å². The predicted octanol–water partition coefficient (Wildman–Crippen LogP) is 2.98. The molecule has 0 saturated carbocycles. The molecule has 1 fully saturated rings. The first-order chi connectivity index (χ1) is 10.6. The molecule has 2 atom stereocenters. The summed E-state index contributed by atoms with van der Waals surface area (Å²) in [6.45, 7) is 0. The van der Waals surface area contributed by atoms with Crippen molar-refractivity contribution in [3.05, 3.63) is 42.0 Å². The summed E-state index contributed by atoms with van der Waals surface area (Å²) in [5, 5.41) is 0.563. The van der Waals surface area contributed by atoms with Gasteiger partial charge in [0.1, 0.15) is 0 Å². The first kappa shape index (κ1) is 13.8. The van der Waals surface area contributed by atoms with Crippen molar-refractivity contribution in [1.29, 1.82) is 0 Å². The van der Waals surface area contributed by atoms with Gasteiger partial charge in [0, 0.05) is 11.5 Å². The molecule has 0 amide bonds. The molecule has 2 bridgehead atoms. The second kappa shape index (κ2) is 4.81. The number of hydrogen-bond donors (Lipinski definition) is 0. The molecule has 4 nitrogen and oxygen atoms in total. The number of aromatic nitrogens is 1. The Hall–Kier alpha value is -1.88. The number of rotatable bonds is 2. The molecule has 3 heterocycles. The zero-order chi connectivity index (χ0) is 15.3. The van der Waals surface area contributed by atoms with Crippen LogP contribution >= 0.6 is 0 Å². The van der Waals surface area contributed by atoms with Crippen LogP contribution in [0.25, 0.3) is 16.5 Å². The number of allylic oxidation sites excluding steroid dienone is 1. The smallest absolute Gasteiger partial charge is 0.213 e. The van der Waals surface area contributed by atoms with Gasteiger partial charge in [-0.2, -0.15) is 0 Å². The Morgan fingerprint density at radius 2 is 2.05 bits per heavy atom. The lowest BCUT2D eigenvalue weighted by Crippen LogP contribution is -2.26. The van der Waals surface area contributed by atoms with Gasteiger partial charge in [0.2, 0.25) is 5.88 Å². The number of benzene rings is 1. The third kappa shape index (κ3) is 2.03. The van der Waals surface area contributed by atoms with E-state index in [0.29, 0.717) is 12.3 Å². The lowest BCUT2D eigenvalue weighted by molar-refractivity contribution is 0.399. The quantitative estimate of drug-likeness (QED) is 0.855. The van der Waals surface area contributed by atoms with E-state index in [1.807, 2.05) is 30.3 Å². The number of nitrogens with zero attached hydrogens (tertiary/aromatic N) is 1. The Balaban J connectivity index is 1.76. The molecular weight excluding hydrogens is 298 g/mol. The standard InChI is InChI=1S/C17H17NO3S/c1-21-17-7-3-12-8-11(2-6-16(12)18-17)13-9-14-4-5-15(10-13)22(14,19)20/h2-3,6-9,14-15H,4-5,10H2,1H3. The molecule has 0 N–H and O–H groups in total. The molecule has 0 spiro atoms. The average Bonchev–Trinajstić information content (AvgIpc) is 2.72. The molecule has 2 aromatic rings. The van der Waals surface area contributed by atoms with Gasteiger partial charge in [-0.25, -0.2) is 13.4 Å². The van der Waals surface area contributed by atoms with Crippen LogP contribution in [0, 0.1) is 0 Å². The highest BCUT2D eigenvalue weighted by molar-refractivity contribution is 7.93. The van der Waals surface area contributed by atoms with Crippen molar-refractivity contribution < 1.29 is 13.2 Å². The Kier molecular flexibility index (Phi) is 3.01. The largest absolute Gasteiger partial charge is 0.481 e. The zero-order valence-corrected chi connectivity index (χ0v) is 13.1. The van der Waals surface area contributed by atoms with Gasteiger partial charge in [0.25, 0.3) is 0 Å². The summed E-state index contributed by atoms with van der Waals surface area (Å²) in [5.41, 5.74) is 3.14. The van der Waals surface area contributed by atoms with Crippen molar-refractivity contribution in [3.8, 4) is 5.88 Å². The van der Waals surface area contributed by atoms with Crippen LogP contribution in [0.1, 0.15) is 24.8 Å². The monoisotopic (exact) mass is 315 g/mol. The molecular formula is C17H17NO3S. The summed E-state index contributed by atoms with van der Waals surface area (Å²) < 4.78 is 29.5. The van der Waals surface area contributed by atoms with Crippen LogP contribution in [0.5, 0.6) is 5.88 Å². The van der Waals surface area contributed by atoms with Gasteiger partial charge in [-0.1, -0.05) is 12.1 Å². The number of ether oxygens (including phenoxy) is 1. The van der Waals surface area contributed by atoms with Crippen LogP contribution in [0.15, 0.2) is 36.4 Å². The van der Waals surface area contributed by atoms with Crippen LogP contribution in [-0.2, 0) is 9.84 Å². The van der Waals surface area contributed by atoms with Gasteiger partial charge in [0.15, 0.2) is 9.84 Å². The molecule has 2 aliphatic rings. The first-order valence-electron chi connectivity index (χ1n) is 7.46. The predicted molar refractivity (Wildman–Crippen MR) is 86.6 cm³/mol. The van der Waals surface area contributed by atoms with E-state index in [9.17, 15) is 8.42 Å². The van der Waals surface area contributed by atoms with Gasteiger partial charge < -0.3 is 4.74 Å². The van der Waals surface area contributed by atoms with E-state index in [1.165, 1.54) is 0 Å². The van der Waals surface area contributed by atoms with Gasteiger partial charge in [0.05, 0.1) is 23.1 Å². The normalized spacial score (nSPS) is 26.0. The van der Waals surface area contributed by atoms with Gasteiger partial charge in [-0.05, 0) is 48.6 Å². The van der Waals surface area contributed by atoms with Crippen LogP contribution in [0.4, 0.5) is 0 Å². The van der Waals surface area contributed by atoms with Crippen molar-refractivity contribution in [2.24, 2.45) is 0 Å². The summed E-state index contributed by atoms with van der Waals surface area (Å²) in [7, 11) is -1.32. The lowest BCUT2D eigenvalue weighted by Gasteiger charge is -2.20. The van der Waals surface area contributed by atoms with Crippen molar-refractivity contribution in [1.82, 2.24) is 4.98 Å². The Morgan fingerprint density at radius 1 is 1.18 bits per heavy atom. The van der Waals surface area contributed by atoms with E-state index in [1.54, 1.807) is 7.11 Å². The number of methoxy groups -OCH3 is 1. The molecule has 5 heteroatoms. The second-order valence-electron chi connectivity index (χ2n) is 5.98. The molecule has 114 valence electrons. The molecule has 1 aromatic carbocycles. The highest BCUT2D eigenvalue weighted by Gasteiger charge is 2.43. The second-order valence-corrected chi connectivity index (χ2v) is 8.43. The molecule has 4 rings (SSSR count). The summed E-state index contributed by atoms with van der Waals surface area (Å²) in [5.74, 6) is 0.598. The van der Waals surface area contributed by atoms with Crippen molar-refractivity contribution in [2.45, 2.75) is 29.8 Å². The molecule has 1 aromatic heterocycles. The van der Waals surface area contributed by atoms with Gasteiger partial charge in [-0.15, -0.1) is 0 Å². The number of hydrogen-bond acceptors (Lipinski definition) is 4. The summed E-state index contributed by atoms with van der Waals surface area (Å²) in [6.07, 6.45) is 4.15.